The maximum absolute atomic E-state index is 13.1. The summed E-state index contributed by atoms with van der Waals surface area (Å²) in [5, 5.41) is 10.8. The molecular weight excluding hydrogens is 415 g/mol. The first-order valence-electron chi connectivity index (χ1n) is 10.0. The number of carbonyl (C=O) groups excluding carboxylic acids is 2. The van der Waals surface area contributed by atoms with Gasteiger partial charge in [0.05, 0.1) is 0 Å². The number of carbonyl (C=O) groups is 2. The van der Waals surface area contributed by atoms with Crippen molar-refractivity contribution in [3.8, 4) is 0 Å². The van der Waals surface area contributed by atoms with Crippen LogP contribution in [-0.4, -0.2) is 29.4 Å². The second kappa shape index (κ2) is 10.7. The summed E-state index contributed by atoms with van der Waals surface area (Å²) in [7, 11) is 0. The first kappa shape index (κ1) is 22.4. The van der Waals surface area contributed by atoms with Gasteiger partial charge in [0.15, 0.2) is 5.13 Å². The lowest BCUT2D eigenvalue weighted by molar-refractivity contribution is -0.123. The standard InChI is InChI=1S/C23H25FN4O2S/c1-15(2)13-25-21(29)19(12-16-6-4-3-5-7-16)27-22(30)20-14-31-23(28-20)26-18-10-8-17(24)9-11-18/h3-11,14-15,19H,12-13H2,1-2H3,(H,25,29)(H,26,28)(H,27,30)/t19-/m1/s1. The molecule has 3 rings (SSSR count). The van der Waals surface area contributed by atoms with Crippen molar-refractivity contribution in [1.82, 2.24) is 15.6 Å². The fourth-order valence-corrected chi connectivity index (χ4v) is 3.52. The van der Waals surface area contributed by atoms with Crippen LogP contribution in [0.5, 0.6) is 0 Å². The number of benzene rings is 2. The number of anilines is 2. The molecule has 6 nitrogen and oxygen atoms in total. The molecule has 0 fully saturated rings. The molecule has 0 aliphatic heterocycles. The Morgan fingerprint density at radius 1 is 1.06 bits per heavy atom. The van der Waals surface area contributed by atoms with E-state index in [4.69, 9.17) is 0 Å². The number of nitrogens with zero attached hydrogens (tertiary/aromatic N) is 1. The van der Waals surface area contributed by atoms with E-state index in [0.717, 1.165) is 5.56 Å². The monoisotopic (exact) mass is 440 g/mol. The molecule has 0 bridgehead atoms. The lowest BCUT2D eigenvalue weighted by Gasteiger charge is -2.19. The van der Waals surface area contributed by atoms with Crippen LogP contribution in [0.2, 0.25) is 0 Å². The molecule has 3 aromatic rings. The normalized spacial score (nSPS) is 11.7. The Hall–Kier alpha value is -3.26. The smallest absolute Gasteiger partial charge is 0.271 e. The Labute approximate surface area is 184 Å². The van der Waals surface area contributed by atoms with Crippen molar-refractivity contribution in [3.05, 3.63) is 77.1 Å². The molecule has 1 heterocycles. The third-order valence-corrected chi connectivity index (χ3v) is 5.18. The Kier molecular flexibility index (Phi) is 7.72. The predicted octanol–water partition coefficient (Wildman–Crippen LogP) is 4.14. The van der Waals surface area contributed by atoms with Crippen molar-refractivity contribution in [3.63, 3.8) is 0 Å². The Morgan fingerprint density at radius 2 is 1.77 bits per heavy atom. The van der Waals surface area contributed by atoms with Gasteiger partial charge in [0, 0.05) is 24.0 Å². The minimum absolute atomic E-state index is 0.212. The molecular formula is C23H25FN4O2S. The summed E-state index contributed by atoms with van der Waals surface area (Å²) in [6.45, 7) is 4.55. The van der Waals surface area contributed by atoms with Gasteiger partial charge in [-0.1, -0.05) is 44.2 Å². The lowest BCUT2D eigenvalue weighted by atomic mass is 10.0. The fourth-order valence-electron chi connectivity index (χ4n) is 2.81. The highest BCUT2D eigenvalue weighted by atomic mass is 32.1. The Balaban J connectivity index is 1.68. The summed E-state index contributed by atoms with van der Waals surface area (Å²) in [4.78, 5) is 29.8. The molecule has 2 amide bonds. The van der Waals surface area contributed by atoms with E-state index in [9.17, 15) is 14.0 Å². The second-order valence-corrected chi connectivity index (χ2v) is 8.38. The second-order valence-electron chi connectivity index (χ2n) is 7.52. The lowest BCUT2D eigenvalue weighted by Crippen LogP contribution is -2.48. The Bertz CT molecular complexity index is 1010. The van der Waals surface area contributed by atoms with Gasteiger partial charge in [0.1, 0.15) is 17.6 Å². The number of rotatable bonds is 9. The molecule has 0 saturated heterocycles. The molecule has 1 aromatic heterocycles. The molecule has 162 valence electrons. The van der Waals surface area contributed by atoms with Crippen LogP contribution < -0.4 is 16.0 Å². The van der Waals surface area contributed by atoms with Crippen LogP contribution in [-0.2, 0) is 11.2 Å². The number of hydrogen-bond donors (Lipinski definition) is 3. The van der Waals surface area contributed by atoms with Gasteiger partial charge in [-0.15, -0.1) is 11.3 Å². The molecule has 0 unspecified atom stereocenters. The van der Waals surface area contributed by atoms with E-state index in [2.05, 4.69) is 20.9 Å². The molecule has 0 radical (unpaired) electrons. The minimum atomic E-state index is -0.719. The molecule has 0 aliphatic rings. The van der Waals surface area contributed by atoms with Crippen molar-refractivity contribution in [2.45, 2.75) is 26.3 Å². The van der Waals surface area contributed by atoms with Gasteiger partial charge in [0.25, 0.3) is 5.91 Å². The van der Waals surface area contributed by atoms with Crippen LogP contribution in [0.3, 0.4) is 0 Å². The Morgan fingerprint density at radius 3 is 2.45 bits per heavy atom. The number of thiazole rings is 1. The molecule has 2 aromatic carbocycles. The highest BCUT2D eigenvalue weighted by Gasteiger charge is 2.23. The van der Waals surface area contributed by atoms with E-state index >= 15 is 0 Å². The zero-order chi connectivity index (χ0) is 22.2. The van der Waals surface area contributed by atoms with E-state index in [0.29, 0.717) is 29.7 Å². The van der Waals surface area contributed by atoms with Gasteiger partial charge in [0.2, 0.25) is 5.91 Å². The molecule has 8 heteroatoms. The summed E-state index contributed by atoms with van der Waals surface area (Å²) < 4.78 is 13.1. The van der Waals surface area contributed by atoms with Crippen molar-refractivity contribution < 1.29 is 14.0 Å². The predicted molar refractivity (Wildman–Crippen MR) is 121 cm³/mol. The fraction of sp³-hybridized carbons (Fsp3) is 0.261. The quantitative estimate of drug-likeness (QED) is 0.467. The highest BCUT2D eigenvalue weighted by molar-refractivity contribution is 7.14. The number of amides is 2. The van der Waals surface area contributed by atoms with E-state index in [-0.39, 0.29) is 17.4 Å². The number of nitrogens with one attached hydrogen (secondary N) is 3. The van der Waals surface area contributed by atoms with E-state index < -0.39 is 11.9 Å². The average Bonchev–Trinajstić information content (AvgIpc) is 3.22. The average molecular weight is 441 g/mol. The van der Waals surface area contributed by atoms with E-state index in [1.165, 1.54) is 23.5 Å². The van der Waals surface area contributed by atoms with Crippen molar-refractivity contribution in [2.75, 3.05) is 11.9 Å². The van der Waals surface area contributed by atoms with Gasteiger partial charge in [-0.05, 0) is 35.7 Å². The maximum atomic E-state index is 13.1. The van der Waals surface area contributed by atoms with Gasteiger partial charge in [-0.25, -0.2) is 9.37 Å². The topological polar surface area (TPSA) is 83.1 Å². The zero-order valence-electron chi connectivity index (χ0n) is 17.4. The largest absolute Gasteiger partial charge is 0.354 e. The van der Waals surface area contributed by atoms with Crippen molar-refractivity contribution >= 4 is 34.0 Å². The molecule has 31 heavy (non-hydrogen) atoms. The molecule has 0 spiro atoms. The SMILES string of the molecule is CC(C)CNC(=O)[C@@H](Cc1ccccc1)NC(=O)c1csc(Nc2ccc(F)cc2)n1. The van der Waals surface area contributed by atoms with Gasteiger partial charge in [-0.3, -0.25) is 9.59 Å². The zero-order valence-corrected chi connectivity index (χ0v) is 18.2. The number of aromatic nitrogens is 1. The van der Waals surface area contributed by atoms with E-state index in [1.807, 2.05) is 44.2 Å². The molecule has 3 N–H and O–H groups in total. The third kappa shape index (κ3) is 6.89. The van der Waals surface area contributed by atoms with Crippen LogP contribution in [0.1, 0.15) is 29.9 Å². The summed E-state index contributed by atoms with van der Waals surface area (Å²) in [6, 6.07) is 14.7. The van der Waals surface area contributed by atoms with Crippen LogP contribution >= 0.6 is 11.3 Å². The minimum Gasteiger partial charge on any atom is -0.354 e. The van der Waals surface area contributed by atoms with Crippen LogP contribution in [0.25, 0.3) is 0 Å². The summed E-state index contributed by atoms with van der Waals surface area (Å²) in [6.07, 6.45) is 0.376. The van der Waals surface area contributed by atoms with E-state index in [1.54, 1.807) is 17.5 Å². The summed E-state index contributed by atoms with van der Waals surface area (Å²) >= 11 is 1.25. The van der Waals surface area contributed by atoms with Crippen molar-refractivity contribution in [2.24, 2.45) is 5.92 Å². The number of halogens is 1. The molecule has 1 atom stereocenters. The van der Waals surface area contributed by atoms with Gasteiger partial charge >= 0.3 is 0 Å². The summed E-state index contributed by atoms with van der Waals surface area (Å²) in [5.41, 5.74) is 1.83. The van der Waals surface area contributed by atoms with Gasteiger partial charge < -0.3 is 16.0 Å². The van der Waals surface area contributed by atoms with Crippen molar-refractivity contribution in [1.29, 1.82) is 0 Å². The number of hydrogen-bond acceptors (Lipinski definition) is 5. The molecule has 0 saturated carbocycles. The first-order valence-corrected chi connectivity index (χ1v) is 10.9. The van der Waals surface area contributed by atoms with Crippen LogP contribution in [0.4, 0.5) is 15.2 Å². The summed E-state index contributed by atoms with van der Waals surface area (Å²) in [5.74, 6) is -0.685. The maximum Gasteiger partial charge on any atom is 0.271 e. The molecule has 0 aliphatic carbocycles. The third-order valence-electron chi connectivity index (χ3n) is 4.42. The van der Waals surface area contributed by atoms with Gasteiger partial charge in [-0.2, -0.15) is 0 Å². The van der Waals surface area contributed by atoms with Crippen LogP contribution in [0.15, 0.2) is 60.0 Å². The van der Waals surface area contributed by atoms with Crippen LogP contribution in [0, 0.1) is 11.7 Å². The highest BCUT2D eigenvalue weighted by Crippen LogP contribution is 2.21. The first-order chi connectivity index (χ1) is 14.9.